The Morgan fingerprint density at radius 2 is 1.10 bits per heavy atom. The number of nitrogens with zero attached hydrogens (tertiary/aromatic N) is 6. The number of aliphatic hydroxyl groups excluding tert-OH is 15. The number of carboxylic acid groups (broad SMARTS) is 1. The lowest BCUT2D eigenvalue weighted by molar-refractivity contribution is -0.330. The molecule has 668 valence electrons. The molecule has 7 aromatic rings. The minimum absolute atomic E-state index is 0.0789. The normalized spacial score (nSPS) is 32.4. The first-order chi connectivity index (χ1) is 59.4. The number of phenolic OH excluding ortho intramolecular Hbond substituents is 4. The summed E-state index contributed by atoms with van der Waals surface area (Å²) in [4.78, 5) is 40.8. The molecule has 0 amide bonds. The number of hydrogen-bond acceptors (Lipinski definition) is 33. The highest BCUT2D eigenvalue weighted by Crippen LogP contribution is 2.51. The number of carboxylic acids is 1. The molecule has 25 N–H and O–H groups in total. The van der Waals surface area contributed by atoms with Gasteiger partial charge in [-0.15, -0.1) is 0 Å². The summed E-state index contributed by atoms with van der Waals surface area (Å²) >= 11 is 14.0. The van der Waals surface area contributed by atoms with Crippen LogP contribution in [0.4, 0.5) is 0 Å². The van der Waals surface area contributed by atoms with E-state index in [0.29, 0.717) is 0 Å². The molecule has 0 saturated carbocycles. The van der Waals surface area contributed by atoms with E-state index in [-0.39, 0.29) is 57.9 Å². The van der Waals surface area contributed by atoms with Gasteiger partial charge in [0.1, 0.15) is 95.1 Å². The zero-order valence-corrected chi connectivity index (χ0v) is 67.9. The van der Waals surface area contributed by atoms with Gasteiger partial charge >= 0.3 is 5.97 Å². The van der Waals surface area contributed by atoms with Crippen LogP contribution in [0.2, 0.25) is 10.0 Å². The first kappa shape index (κ1) is 90.3. The number of rotatable bonds is 15. The Morgan fingerprint density at radius 1 is 0.528 bits per heavy atom. The van der Waals surface area contributed by atoms with E-state index in [9.17, 15) is 107 Å². The van der Waals surface area contributed by atoms with Crippen molar-refractivity contribution in [3.63, 3.8) is 0 Å². The van der Waals surface area contributed by atoms with Crippen LogP contribution >= 0.6 is 23.2 Å². The van der Waals surface area contributed by atoms with Gasteiger partial charge in [-0.05, 0) is 140 Å². The van der Waals surface area contributed by atoms with Gasteiger partial charge in [-0.2, -0.15) is 0 Å². The molecular weight excluding hydrogens is 1690 g/mol. The number of aromatic hydroxyl groups is 4. The second-order valence-electron chi connectivity index (χ2n) is 30.8. The van der Waals surface area contributed by atoms with Gasteiger partial charge < -0.3 is 166 Å². The van der Waals surface area contributed by atoms with E-state index in [2.05, 4.69) is 35.3 Å². The quantitative estimate of drug-likeness (QED) is 0.0455. The Balaban J connectivity index is 1.02. The second kappa shape index (κ2) is 37.3. The standard InChI is InChI=1S/C83H91Cl2N9O31/c1-29-64(100)45(86)26-54(116-29)123-72-36-11-18-50(44(85)21-36)121-52-23-37-22-51(73(52)125-83-74(70(106)68(104)53(28-95)122-83)124-55-27-46(87)65(101)30(2)117-55)119-39-14-7-33(8-15-39)67(103)62(93-75(108)57(88-4)32-5-12-40(13-6-32)120-82-71(107)69(105)66(102)31(3)118-82)79(112)90-59(35-10-17-48(98)43(84)20-35)76(109)91-60(37)78(111)89-58-34-9-16-47(97)41(19-34)56-42(24-38(96)25-49(56)99)61(81(114)115)92-80(113)63(72)94-77(58)110/h5-25,29-31,45-46,53-55,57-72,74,82-83,88,95-107H,26-28,86-87H2,1-4H3,(H,89,111)(H,90,112)(H,91,109)(H,92,113)(H,93,108)(H,94,110)(H,114,115). The van der Waals surface area contributed by atoms with Crippen LogP contribution in [0.1, 0.15) is 115 Å². The van der Waals surface area contributed by atoms with Gasteiger partial charge in [0.05, 0.1) is 47.2 Å². The van der Waals surface area contributed by atoms with Crippen molar-refractivity contribution in [3.05, 3.63) is 176 Å². The van der Waals surface area contributed by atoms with Crippen molar-refractivity contribution in [2.45, 2.75) is 199 Å². The van der Waals surface area contributed by atoms with E-state index in [4.69, 9.17) is 82.0 Å². The predicted octanol–water partition coefficient (Wildman–Crippen LogP) is 5.34. The number of aliphatic hydroxyl groups is 15. The van der Waals surface area contributed by atoms with Gasteiger partial charge in [-0.3, -0.25) is 0 Å². The van der Waals surface area contributed by atoms with Gasteiger partial charge in [-0.1, -0.05) is 65.7 Å². The van der Waals surface area contributed by atoms with Crippen molar-refractivity contribution in [3.8, 4) is 68.6 Å². The Hall–Kier alpha value is -10.9. The van der Waals surface area contributed by atoms with Crippen molar-refractivity contribution >= 4 is 64.6 Å². The number of hydrogen-bond donors (Lipinski definition) is 23. The fraction of sp³-hybridized carbons (Fsp3) is 0.410. The van der Waals surface area contributed by atoms with Crippen molar-refractivity contribution in [1.82, 2.24) is 5.32 Å². The number of likely N-dealkylation sites (N-methyl/N-ethyl adjacent to an activating group) is 1. The molecule has 4 fully saturated rings. The number of nitrogens with one attached hydrogen (secondary N) is 1. The molecule has 9 heterocycles. The lowest BCUT2D eigenvalue weighted by Crippen LogP contribution is -2.62. The van der Waals surface area contributed by atoms with Crippen molar-refractivity contribution in [2.24, 2.45) is 41.4 Å². The molecule has 9 aliphatic rings. The summed E-state index contributed by atoms with van der Waals surface area (Å²) < 4.78 is 63.4. The molecular formula is C83H91Cl2N9O31. The van der Waals surface area contributed by atoms with E-state index in [1.165, 1.54) is 94.5 Å². The van der Waals surface area contributed by atoms with E-state index >= 15 is 0 Å². The number of halogens is 2. The maximum atomic E-state index is 13.8. The van der Waals surface area contributed by atoms with E-state index < -0.39 is 286 Å². The molecule has 40 nitrogen and oxygen atoms in total. The number of carbonyl (C=O) groups is 1. The molecule has 16 rings (SSSR count). The summed E-state index contributed by atoms with van der Waals surface area (Å²) in [5, 5.41) is 238. The third kappa shape index (κ3) is 18.9. The topological polar surface area (TPSA) is 652 Å². The number of phenols is 4. The van der Waals surface area contributed by atoms with Crippen molar-refractivity contribution < 1.29 is 154 Å². The number of ether oxygens (including phenoxy) is 10. The lowest BCUT2D eigenvalue weighted by Gasteiger charge is -2.44. The summed E-state index contributed by atoms with van der Waals surface area (Å²) in [6.45, 7) is 3.44. The van der Waals surface area contributed by atoms with Crippen LogP contribution in [0.15, 0.2) is 157 Å². The Labute approximate surface area is 719 Å². The summed E-state index contributed by atoms with van der Waals surface area (Å²) in [6.07, 6.45) is -28.7. The first-order valence-electron chi connectivity index (χ1n) is 39.2. The van der Waals surface area contributed by atoms with Crippen molar-refractivity contribution in [2.75, 3.05) is 13.7 Å². The monoisotopic (exact) mass is 1780 g/mol. The van der Waals surface area contributed by atoms with Gasteiger partial charge in [0.15, 0.2) is 66.4 Å². The number of aliphatic imine (C=N–C) groups is 6. The average Bonchev–Trinajstić information content (AvgIpc) is 0.770. The number of fused-ring (bicyclic) bond motifs is 12. The van der Waals surface area contributed by atoms with Crippen LogP contribution in [0.5, 0.6) is 57.5 Å². The largest absolute Gasteiger partial charge is 0.508 e. The van der Waals surface area contributed by atoms with Crippen LogP contribution in [-0.2, 0) is 33.2 Å². The van der Waals surface area contributed by atoms with Crippen LogP contribution < -0.4 is 35.7 Å². The maximum Gasteiger partial charge on any atom is 0.333 e. The summed E-state index contributed by atoms with van der Waals surface area (Å²) in [7, 11) is 1.42. The number of benzene rings is 7. The van der Waals surface area contributed by atoms with Crippen LogP contribution in [-0.4, -0.2) is 280 Å². The summed E-state index contributed by atoms with van der Waals surface area (Å²) in [5.74, 6) is -14.2. The minimum atomic E-state index is -2.38. The van der Waals surface area contributed by atoms with Crippen LogP contribution in [0.25, 0.3) is 11.1 Å². The lowest BCUT2D eigenvalue weighted by atomic mass is 9.90. The summed E-state index contributed by atoms with van der Waals surface area (Å²) in [6, 6.07) is 7.84. The Bertz CT molecular complexity index is 5300. The zero-order chi connectivity index (χ0) is 89.7. The molecule has 42 heteroatoms. The molecule has 4 saturated heterocycles. The zero-order valence-electron chi connectivity index (χ0n) is 66.4. The molecule has 9 aliphatic heterocycles. The highest BCUT2D eigenvalue weighted by Gasteiger charge is 2.51. The van der Waals surface area contributed by atoms with Gasteiger partial charge in [0, 0.05) is 47.7 Å². The van der Waals surface area contributed by atoms with E-state index in [1.54, 1.807) is 0 Å². The molecule has 27 atom stereocenters. The first-order valence-corrected chi connectivity index (χ1v) is 39.9. The Morgan fingerprint density at radius 3 is 1.70 bits per heavy atom. The molecule has 7 aromatic carbocycles. The second-order valence-corrected chi connectivity index (χ2v) is 31.6. The summed E-state index contributed by atoms with van der Waals surface area (Å²) in [5.41, 5.74) is 10.2. The van der Waals surface area contributed by atoms with Gasteiger partial charge in [0.2, 0.25) is 53.7 Å². The van der Waals surface area contributed by atoms with Gasteiger partial charge in [-0.25, -0.2) is 34.7 Å². The Kier molecular flexibility index (Phi) is 27.0. The fourth-order valence-electron chi connectivity index (χ4n) is 15.5. The SMILES string of the molecule is CNC(C(O)=NC1C(O)=NC(c2ccc(O)c(Cl)c2)C(O)=NC2C(O)=NC3C(O)=NC(C(O)=NC(C(=O)O)c4cc(O)cc(O)c4-c4cc3ccc4O)C(OC3CC(N)C(O)C(C)O3)c3ccc(c(Cl)c3)Oc3cc2cc(c3OC2OC(CO)C(O)C(O)C2OC2CC(N)C(O)C(C)O2)Oc2ccc(cc2)C1O)c1ccc(OC2OC(C)C(O)C(O)C2O)cc1. The van der Waals surface area contributed by atoms with Crippen LogP contribution in [0, 0.1) is 0 Å². The van der Waals surface area contributed by atoms with E-state index in [1.807, 2.05) is 0 Å². The minimum Gasteiger partial charge on any atom is -0.508 e. The fourth-order valence-corrected chi connectivity index (χ4v) is 15.9. The third-order valence-electron chi connectivity index (χ3n) is 22.3. The van der Waals surface area contributed by atoms with Gasteiger partial charge in [0.25, 0.3) is 0 Å². The molecule has 27 unspecified atom stereocenters. The smallest absolute Gasteiger partial charge is 0.333 e. The van der Waals surface area contributed by atoms with E-state index in [0.717, 1.165) is 60.7 Å². The van der Waals surface area contributed by atoms with Crippen molar-refractivity contribution in [1.29, 1.82) is 0 Å². The molecule has 125 heavy (non-hydrogen) atoms. The highest BCUT2D eigenvalue weighted by molar-refractivity contribution is 6.32. The average molecular weight is 1780 g/mol. The molecule has 0 radical (unpaired) electrons. The molecule has 0 aromatic heterocycles. The molecule has 0 spiro atoms. The number of aliphatic carboxylic acids is 1. The highest BCUT2D eigenvalue weighted by atomic mass is 35.5. The third-order valence-corrected chi connectivity index (χ3v) is 22.9. The molecule has 11 bridgehead atoms. The van der Waals surface area contributed by atoms with Crippen LogP contribution in [0.3, 0.4) is 0 Å². The number of nitrogens with two attached hydrogens (primary N) is 2. The predicted molar refractivity (Wildman–Crippen MR) is 440 cm³/mol. The maximum absolute atomic E-state index is 13.8. The molecule has 0 aliphatic carbocycles.